The maximum absolute atomic E-state index is 2.41. The van der Waals surface area contributed by atoms with Crippen LogP contribution in [0.1, 0.15) is 85.0 Å². The Morgan fingerprint density at radius 1 is 0.824 bits per heavy atom. The molecule has 0 aromatic carbocycles. The normalized spacial score (nSPS) is 25.2. The summed E-state index contributed by atoms with van der Waals surface area (Å²) in [5.41, 5.74) is 0. The Balaban J connectivity index is 2.29. The van der Waals surface area contributed by atoms with Gasteiger partial charge in [0.1, 0.15) is 6.71 Å². The minimum absolute atomic E-state index is 1.06. The molecule has 0 aromatic heterocycles. The number of rotatable bonds is 8. The van der Waals surface area contributed by atoms with E-state index >= 15 is 0 Å². The highest BCUT2D eigenvalue weighted by atomic mass is 14.2. The highest BCUT2D eigenvalue weighted by Crippen LogP contribution is 2.42. The molecule has 0 radical (unpaired) electrons. The van der Waals surface area contributed by atoms with Crippen molar-refractivity contribution >= 4 is 6.71 Å². The Kier molecular flexibility index (Phi) is 8.06. The molecule has 1 aliphatic rings. The topological polar surface area (TPSA) is 0 Å². The number of hydrogen-bond donors (Lipinski definition) is 0. The zero-order valence-corrected chi connectivity index (χ0v) is 12.5. The zero-order valence-electron chi connectivity index (χ0n) is 12.5. The second-order valence-corrected chi connectivity index (χ2v) is 6.13. The third kappa shape index (κ3) is 5.06. The van der Waals surface area contributed by atoms with Crippen molar-refractivity contribution in [3.8, 4) is 0 Å². The van der Waals surface area contributed by atoms with Gasteiger partial charge in [-0.3, -0.25) is 0 Å². The van der Waals surface area contributed by atoms with Crippen LogP contribution in [0.2, 0.25) is 18.0 Å². The van der Waals surface area contributed by atoms with Crippen molar-refractivity contribution in [3.63, 3.8) is 0 Å². The molecule has 0 nitrogen and oxygen atoms in total. The van der Waals surface area contributed by atoms with Gasteiger partial charge in [0.25, 0.3) is 0 Å². The molecule has 0 bridgehead atoms. The van der Waals surface area contributed by atoms with E-state index in [9.17, 15) is 0 Å². The van der Waals surface area contributed by atoms with Gasteiger partial charge in [0, 0.05) is 0 Å². The molecular weight excluding hydrogens is 203 g/mol. The van der Waals surface area contributed by atoms with Crippen molar-refractivity contribution in [2.75, 3.05) is 0 Å². The van der Waals surface area contributed by atoms with E-state index in [0.29, 0.717) is 0 Å². The van der Waals surface area contributed by atoms with Gasteiger partial charge in [-0.25, -0.2) is 0 Å². The second-order valence-electron chi connectivity index (χ2n) is 6.13. The molecule has 0 saturated carbocycles. The molecule has 100 valence electrons. The lowest BCUT2D eigenvalue weighted by atomic mass is 9.28. The fourth-order valence-corrected chi connectivity index (χ4v) is 3.92. The largest absolute Gasteiger partial charge is 0.146 e. The standard InChI is InChI=1S/C16H33B/c1-4-7-8-9-10-14-17-15(5-2)12-11-13-16(17)6-3/h15-16H,4-14H2,1-3H3. The van der Waals surface area contributed by atoms with Gasteiger partial charge in [-0.1, -0.05) is 103 Å². The van der Waals surface area contributed by atoms with Gasteiger partial charge in [-0.2, -0.15) is 0 Å². The van der Waals surface area contributed by atoms with E-state index < -0.39 is 0 Å². The molecule has 0 aliphatic carbocycles. The zero-order chi connectivity index (χ0) is 12.5. The summed E-state index contributed by atoms with van der Waals surface area (Å²) in [4.78, 5) is 0. The van der Waals surface area contributed by atoms with Crippen molar-refractivity contribution in [1.82, 2.24) is 0 Å². The molecule has 0 aromatic rings. The first-order valence-electron chi connectivity index (χ1n) is 8.33. The summed E-state index contributed by atoms with van der Waals surface area (Å²) in [6.07, 6.45) is 16.2. The molecule has 0 N–H and O–H groups in total. The predicted molar refractivity (Wildman–Crippen MR) is 81.3 cm³/mol. The van der Waals surface area contributed by atoms with Crippen LogP contribution in [-0.2, 0) is 0 Å². The van der Waals surface area contributed by atoms with Crippen LogP contribution in [0, 0.1) is 0 Å². The summed E-state index contributed by atoms with van der Waals surface area (Å²) in [6, 6.07) is 0. The number of hydrogen-bond acceptors (Lipinski definition) is 0. The van der Waals surface area contributed by atoms with Crippen molar-refractivity contribution in [3.05, 3.63) is 0 Å². The van der Waals surface area contributed by atoms with E-state index in [4.69, 9.17) is 0 Å². The van der Waals surface area contributed by atoms with Gasteiger partial charge >= 0.3 is 0 Å². The van der Waals surface area contributed by atoms with Crippen LogP contribution in [-0.4, -0.2) is 6.71 Å². The molecule has 1 saturated heterocycles. The average molecular weight is 236 g/mol. The summed E-state index contributed by atoms with van der Waals surface area (Å²) in [5, 5.41) is 0. The molecule has 1 rings (SSSR count). The molecule has 2 atom stereocenters. The second kappa shape index (κ2) is 9.06. The van der Waals surface area contributed by atoms with Crippen LogP contribution in [0.25, 0.3) is 0 Å². The van der Waals surface area contributed by atoms with Crippen LogP contribution in [0.5, 0.6) is 0 Å². The molecule has 0 amide bonds. The maximum Gasteiger partial charge on any atom is 0.146 e. The Labute approximate surface area is 110 Å². The summed E-state index contributed by atoms with van der Waals surface area (Å²) in [7, 11) is 0. The van der Waals surface area contributed by atoms with Crippen molar-refractivity contribution < 1.29 is 0 Å². The third-order valence-corrected chi connectivity index (χ3v) is 5.05. The Bertz CT molecular complexity index is 166. The molecule has 1 fully saturated rings. The van der Waals surface area contributed by atoms with Crippen LogP contribution in [0.3, 0.4) is 0 Å². The third-order valence-electron chi connectivity index (χ3n) is 5.05. The van der Waals surface area contributed by atoms with Crippen molar-refractivity contribution in [2.45, 2.75) is 103 Å². The maximum atomic E-state index is 2.41. The monoisotopic (exact) mass is 236 g/mol. The van der Waals surface area contributed by atoms with E-state index in [1.807, 2.05) is 0 Å². The van der Waals surface area contributed by atoms with Crippen molar-refractivity contribution in [2.24, 2.45) is 0 Å². The Morgan fingerprint density at radius 3 is 1.94 bits per heavy atom. The van der Waals surface area contributed by atoms with Crippen LogP contribution in [0.4, 0.5) is 0 Å². The van der Waals surface area contributed by atoms with E-state index in [2.05, 4.69) is 20.8 Å². The first-order chi connectivity index (χ1) is 8.33. The first-order valence-corrected chi connectivity index (χ1v) is 8.33. The van der Waals surface area contributed by atoms with Crippen LogP contribution in [0.15, 0.2) is 0 Å². The molecule has 1 heteroatoms. The fourth-order valence-electron chi connectivity index (χ4n) is 3.92. The smallest absolute Gasteiger partial charge is 0.0737 e. The SMILES string of the molecule is CCCCCCCB1C(CC)CCCC1CC. The van der Waals surface area contributed by atoms with Crippen molar-refractivity contribution in [1.29, 1.82) is 0 Å². The molecule has 0 spiro atoms. The van der Waals surface area contributed by atoms with Gasteiger partial charge in [-0.15, -0.1) is 0 Å². The minimum atomic E-state index is 1.06. The Morgan fingerprint density at radius 2 is 1.41 bits per heavy atom. The molecule has 2 unspecified atom stereocenters. The Hall–Kier alpha value is 0.0649. The van der Waals surface area contributed by atoms with Gasteiger partial charge in [0.2, 0.25) is 0 Å². The highest BCUT2D eigenvalue weighted by molar-refractivity contribution is 6.62. The van der Waals surface area contributed by atoms with E-state index in [-0.39, 0.29) is 0 Å². The number of unbranched alkanes of at least 4 members (excludes halogenated alkanes) is 4. The van der Waals surface area contributed by atoms with Gasteiger partial charge in [0.15, 0.2) is 0 Å². The van der Waals surface area contributed by atoms with E-state index in [0.717, 1.165) is 18.3 Å². The van der Waals surface area contributed by atoms with Crippen LogP contribution >= 0.6 is 0 Å². The lowest BCUT2D eigenvalue weighted by Gasteiger charge is -2.35. The summed E-state index contributed by atoms with van der Waals surface area (Å²) in [5.74, 6) is 2.11. The summed E-state index contributed by atoms with van der Waals surface area (Å²) >= 11 is 0. The molecule has 1 heterocycles. The lowest BCUT2D eigenvalue weighted by molar-refractivity contribution is 0.527. The minimum Gasteiger partial charge on any atom is -0.0737 e. The molecule has 17 heavy (non-hydrogen) atoms. The van der Waals surface area contributed by atoms with Gasteiger partial charge in [-0.05, 0) is 0 Å². The first kappa shape index (κ1) is 15.1. The lowest BCUT2D eigenvalue weighted by Crippen LogP contribution is -2.30. The van der Waals surface area contributed by atoms with Gasteiger partial charge in [0.05, 0.1) is 0 Å². The van der Waals surface area contributed by atoms with Gasteiger partial charge < -0.3 is 0 Å². The molecular formula is C16H33B. The average Bonchev–Trinajstić information content (AvgIpc) is 2.38. The molecule has 1 aliphatic heterocycles. The van der Waals surface area contributed by atoms with E-state index in [1.54, 1.807) is 0 Å². The van der Waals surface area contributed by atoms with E-state index in [1.165, 1.54) is 70.5 Å². The quantitative estimate of drug-likeness (QED) is 0.348. The fraction of sp³-hybridized carbons (Fsp3) is 1.00. The summed E-state index contributed by atoms with van der Waals surface area (Å²) < 4.78 is 0. The van der Waals surface area contributed by atoms with Crippen LogP contribution < -0.4 is 0 Å². The highest BCUT2D eigenvalue weighted by Gasteiger charge is 2.33. The summed E-state index contributed by atoms with van der Waals surface area (Å²) in [6.45, 7) is 8.20. The predicted octanol–water partition coefficient (Wildman–Crippen LogP) is 6.20.